The average molecular weight is 294 g/mol. The summed E-state index contributed by atoms with van der Waals surface area (Å²) in [6, 6.07) is 3.87. The highest BCUT2D eigenvalue weighted by Gasteiger charge is 2.31. The predicted octanol–water partition coefficient (Wildman–Crippen LogP) is 2.46. The highest BCUT2D eigenvalue weighted by molar-refractivity contribution is 5.06. The minimum absolute atomic E-state index is 0.333. The van der Waals surface area contributed by atoms with Crippen LogP contribution in [0.3, 0.4) is 0 Å². The van der Waals surface area contributed by atoms with Crippen molar-refractivity contribution >= 4 is 0 Å². The number of nitrogens with one attached hydrogen (secondary N) is 1. The molecule has 0 radical (unpaired) electrons. The van der Waals surface area contributed by atoms with Gasteiger partial charge in [-0.2, -0.15) is 5.26 Å². The molecule has 0 aromatic carbocycles. The van der Waals surface area contributed by atoms with Gasteiger partial charge in [-0.05, 0) is 73.6 Å². The van der Waals surface area contributed by atoms with E-state index in [2.05, 4.69) is 55.9 Å². The second-order valence-electron chi connectivity index (χ2n) is 7.13. The van der Waals surface area contributed by atoms with Crippen molar-refractivity contribution in [2.45, 2.75) is 77.5 Å². The van der Waals surface area contributed by atoms with Gasteiger partial charge in [-0.1, -0.05) is 6.92 Å². The summed E-state index contributed by atoms with van der Waals surface area (Å²) in [4.78, 5) is 5.01. The largest absolute Gasteiger partial charge is 0.303 e. The normalized spacial score (nSPS) is 22.2. The maximum atomic E-state index is 9.50. The third kappa shape index (κ3) is 5.58. The van der Waals surface area contributed by atoms with E-state index >= 15 is 0 Å². The monoisotopic (exact) mass is 294 g/mol. The Labute approximate surface area is 131 Å². The lowest BCUT2D eigenvalue weighted by Gasteiger charge is -2.41. The van der Waals surface area contributed by atoms with Crippen LogP contribution in [0.2, 0.25) is 0 Å². The number of likely N-dealkylation sites (tertiary alicyclic amines) is 1. The van der Waals surface area contributed by atoms with Crippen molar-refractivity contribution in [1.82, 2.24) is 15.1 Å². The number of nitriles is 1. The van der Waals surface area contributed by atoms with E-state index in [-0.39, 0.29) is 0 Å². The molecule has 1 rings (SSSR count). The van der Waals surface area contributed by atoms with Gasteiger partial charge in [-0.3, -0.25) is 5.32 Å². The van der Waals surface area contributed by atoms with E-state index < -0.39 is 5.54 Å². The van der Waals surface area contributed by atoms with Crippen LogP contribution in [-0.2, 0) is 0 Å². The van der Waals surface area contributed by atoms with Gasteiger partial charge < -0.3 is 9.80 Å². The molecule has 0 spiro atoms. The molecule has 0 aromatic heterocycles. The third-order valence-corrected chi connectivity index (χ3v) is 4.83. The molecule has 122 valence electrons. The highest BCUT2D eigenvalue weighted by atomic mass is 15.2. The Bertz CT molecular complexity index is 341. The Kier molecular flexibility index (Phi) is 7.12. The van der Waals surface area contributed by atoms with Crippen molar-refractivity contribution in [3.8, 4) is 6.07 Å². The Morgan fingerprint density at radius 1 is 1.33 bits per heavy atom. The van der Waals surface area contributed by atoms with Crippen LogP contribution in [0, 0.1) is 11.3 Å². The van der Waals surface area contributed by atoms with Crippen LogP contribution in [0.4, 0.5) is 0 Å². The van der Waals surface area contributed by atoms with Crippen molar-refractivity contribution in [3.05, 3.63) is 0 Å². The van der Waals surface area contributed by atoms with E-state index in [9.17, 15) is 5.26 Å². The molecule has 21 heavy (non-hydrogen) atoms. The first-order valence-electron chi connectivity index (χ1n) is 8.44. The van der Waals surface area contributed by atoms with E-state index in [1.165, 1.54) is 25.9 Å². The van der Waals surface area contributed by atoms with E-state index in [0.29, 0.717) is 18.1 Å². The molecule has 0 amide bonds. The van der Waals surface area contributed by atoms with Crippen molar-refractivity contribution in [2.24, 2.45) is 0 Å². The molecule has 1 N–H and O–H groups in total. The van der Waals surface area contributed by atoms with Gasteiger partial charge in [0.25, 0.3) is 0 Å². The molecule has 1 aliphatic heterocycles. The molecule has 0 saturated carbocycles. The SMILES string of the molecule is CCN1CCC(N(C)C(C)CC(C)(C#N)NC(C)C)CC1. The first-order valence-corrected chi connectivity index (χ1v) is 8.44. The topological polar surface area (TPSA) is 42.3 Å². The first-order chi connectivity index (χ1) is 9.81. The smallest absolute Gasteiger partial charge is 0.105 e. The molecule has 0 aliphatic carbocycles. The van der Waals surface area contributed by atoms with Gasteiger partial charge in [-0.15, -0.1) is 0 Å². The summed E-state index contributed by atoms with van der Waals surface area (Å²) in [6.07, 6.45) is 3.36. The number of hydrogen-bond acceptors (Lipinski definition) is 4. The van der Waals surface area contributed by atoms with Gasteiger partial charge in [0, 0.05) is 18.1 Å². The molecule has 0 aromatic rings. The van der Waals surface area contributed by atoms with E-state index in [4.69, 9.17) is 0 Å². The van der Waals surface area contributed by atoms with Gasteiger partial charge in [-0.25, -0.2) is 0 Å². The van der Waals surface area contributed by atoms with Crippen LogP contribution < -0.4 is 5.32 Å². The summed E-state index contributed by atoms with van der Waals surface area (Å²) in [7, 11) is 2.23. The zero-order valence-corrected chi connectivity index (χ0v) is 14.8. The maximum absolute atomic E-state index is 9.50. The van der Waals surface area contributed by atoms with Crippen LogP contribution in [0.15, 0.2) is 0 Å². The number of nitrogens with zero attached hydrogens (tertiary/aromatic N) is 3. The molecule has 1 heterocycles. The summed E-state index contributed by atoms with van der Waals surface area (Å²) in [5.74, 6) is 0. The molecule has 2 atom stereocenters. The minimum Gasteiger partial charge on any atom is -0.303 e. The van der Waals surface area contributed by atoms with Gasteiger partial charge in [0.05, 0.1) is 6.07 Å². The third-order valence-electron chi connectivity index (χ3n) is 4.83. The second-order valence-corrected chi connectivity index (χ2v) is 7.13. The molecule has 0 bridgehead atoms. The summed E-state index contributed by atoms with van der Waals surface area (Å²) < 4.78 is 0. The van der Waals surface area contributed by atoms with Gasteiger partial charge in [0.1, 0.15) is 5.54 Å². The van der Waals surface area contributed by atoms with Crippen LogP contribution in [0.1, 0.15) is 53.9 Å². The Morgan fingerprint density at radius 2 is 1.90 bits per heavy atom. The van der Waals surface area contributed by atoms with Crippen molar-refractivity contribution in [2.75, 3.05) is 26.7 Å². The summed E-state index contributed by atoms with van der Waals surface area (Å²) in [5, 5.41) is 12.9. The Morgan fingerprint density at radius 3 is 2.33 bits per heavy atom. The van der Waals surface area contributed by atoms with Crippen LogP contribution >= 0.6 is 0 Å². The molecule has 1 fully saturated rings. The number of hydrogen-bond donors (Lipinski definition) is 1. The second kappa shape index (κ2) is 8.12. The lowest BCUT2D eigenvalue weighted by Crippen LogP contribution is -2.52. The molecule has 4 nitrogen and oxygen atoms in total. The van der Waals surface area contributed by atoms with Crippen molar-refractivity contribution < 1.29 is 0 Å². The molecule has 1 saturated heterocycles. The van der Waals surface area contributed by atoms with Crippen LogP contribution in [0.25, 0.3) is 0 Å². The Balaban J connectivity index is 2.54. The van der Waals surface area contributed by atoms with Crippen LogP contribution in [0.5, 0.6) is 0 Å². The van der Waals surface area contributed by atoms with Gasteiger partial charge in [0.15, 0.2) is 0 Å². The fourth-order valence-electron chi connectivity index (χ4n) is 3.51. The molecule has 4 heteroatoms. The summed E-state index contributed by atoms with van der Waals surface area (Å²) >= 11 is 0. The number of rotatable bonds is 7. The zero-order valence-electron chi connectivity index (χ0n) is 14.8. The van der Waals surface area contributed by atoms with Gasteiger partial charge in [0.2, 0.25) is 0 Å². The van der Waals surface area contributed by atoms with E-state index in [1.54, 1.807) is 0 Å². The average Bonchev–Trinajstić information content (AvgIpc) is 2.45. The maximum Gasteiger partial charge on any atom is 0.105 e. The zero-order chi connectivity index (χ0) is 16.0. The van der Waals surface area contributed by atoms with Crippen LogP contribution in [-0.4, -0.2) is 60.1 Å². The standard InChI is InChI=1S/C17H34N4/c1-7-21-10-8-16(9-11-21)20(6)15(4)12-17(5,13-18)19-14(2)3/h14-16,19H,7-12H2,1-6H3. The number of piperidine rings is 1. The molecular weight excluding hydrogens is 260 g/mol. The van der Waals surface area contributed by atoms with Crippen molar-refractivity contribution in [1.29, 1.82) is 5.26 Å². The lowest BCUT2D eigenvalue weighted by molar-refractivity contribution is 0.0924. The fourth-order valence-corrected chi connectivity index (χ4v) is 3.51. The van der Waals surface area contributed by atoms with E-state index in [0.717, 1.165) is 13.0 Å². The first kappa shape index (κ1) is 18.4. The predicted molar refractivity (Wildman–Crippen MR) is 89.3 cm³/mol. The quantitative estimate of drug-likeness (QED) is 0.783. The molecule has 2 unspecified atom stereocenters. The summed E-state index contributed by atoms with van der Waals surface area (Å²) in [5.41, 5.74) is -0.439. The van der Waals surface area contributed by atoms with E-state index in [1.807, 2.05) is 6.92 Å². The highest BCUT2D eigenvalue weighted by Crippen LogP contribution is 2.22. The van der Waals surface area contributed by atoms with Crippen molar-refractivity contribution in [3.63, 3.8) is 0 Å². The van der Waals surface area contributed by atoms with Gasteiger partial charge >= 0.3 is 0 Å². The fraction of sp³-hybridized carbons (Fsp3) is 0.941. The molecular formula is C17H34N4. The lowest BCUT2D eigenvalue weighted by atomic mass is 9.92. The minimum atomic E-state index is -0.439. The Hall–Kier alpha value is -0.630. The summed E-state index contributed by atoms with van der Waals surface area (Å²) in [6.45, 7) is 14.3. The molecule has 1 aliphatic rings.